The molecule has 2 fully saturated rings. The summed E-state index contributed by atoms with van der Waals surface area (Å²) in [6.45, 7) is 3.11. The molecular formula is C23H26N4O3. The first-order valence-electron chi connectivity index (χ1n) is 10.8. The molecule has 1 amide bonds. The fourth-order valence-electron chi connectivity index (χ4n) is 4.81. The molecule has 0 bridgehead atoms. The maximum absolute atomic E-state index is 12.7. The Balaban J connectivity index is 1.32. The van der Waals surface area contributed by atoms with Crippen molar-refractivity contribution in [1.29, 1.82) is 0 Å². The highest BCUT2D eigenvalue weighted by atomic mass is 16.5. The van der Waals surface area contributed by atoms with E-state index in [1.807, 2.05) is 29.2 Å². The number of aromatic nitrogens is 2. The number of fused-ring (bicyclic) bond motifs is 1. The SMILES string of the molecule is O=C1CC2(CCCN(c3cncc(C(=O)N4CCCC4)n3)CC2)Oc2ccccc21. The maximum Gasteiger partial charge on any atom is 0.274 e. The minimum absolute atomic E-state index is 0.0361. The number of ether oxygens (including phenoxy) is 1. The number of rotatable bonds is 2. The Bertz CT molecular complexity index is 972. The molecule has 4 heterocycles. The van der Waals surface area contributed by atoms with E-state index in [1.165, 1.54) is 0 Å². The molecule has 0 aliphatic carbocycles. The van der Waals surface area contributed by atoms with Gasteiger partial charge in [0.25, 0.3) is 5.91 Å². The Labute approximate surface area is 176 Å². The Morgan fingerprint density at radius 2 is 1.83 bits per heavy atom. The van der Waals surface area contributed by atoms with Gasteiger partial charge in [0.2, 0.25) is 0 Å². The number of carbonyl (C=O) groups excluding carboxylic acids is 2. The van der Waals surface area contributed by atoms with Crippen molar-refractivity contribution < 1.29 is 14.3 Å². The molecule has 2 aromatic rings. The third-order valence-electron chi connectivity index (χ3n) is 6.45. The second kappa shape index (κ2) is 7.70. The summed E-state index contributed by atoms with van der Waals surface area (Å²) in [7, 11) is 0. The van der Waals surface area contributed by atoms with Crippen LogP contribution in [0.15, 0.2) is 36.7 Å². The number of hydrogen-bond donors (Lipinski definition) is 0. The van der Waals surface area contributed by atoms with Crippen LogP contribution in [-0.2, 0) is 0 Å². The van der Waals surface area contributed by atoms with E-state index < -0.39 is 5.60 Å². The van der Waals surface area contributed by atoms with E-state index in [0.717, 1.165) is 57.6 Å². The van der Waals surface area contributed by atoms with E-state index in [0.29, 0.717) is 30.0 Å². The smallest absolute Gasteiger partial charge is 0.274 e. The fourth-order valence-corrected chi connectivity index (χ4v) is 4.81. The summed E-state index contributed by atoms with van der Waals surface area (Å²) < 4.78 is 6.38. The van der Waals surface area contributed by atoms with Crippen LogP contribution in [0.4, 0.5) is 5.82 Å². The molecule has 5 rings (SSSR count). The second-order valence-electron chi connectivity index (χ2n) is 8.48. The van der Waals surface area contributed by atoms with Crippen LogP contribution in [0.25, 0.3) is 0 Å². The van der Waals surface area contributed by atoms with Gasteiger partial charge in [-0.3, -0.25) is 14.6 Å². The maximum atomic E-state index is 12.7. The summed E-state index contributed by atoms with van der Waals surface area (Å²) in [4.78, 5) is 38.3. The Hall–Kier alpha value is -2.96. The van der Waals surface area contributed by atoms with Crippen molar-refractivity contribution in [2.45, 2.75) is 44.1 Å². The van der Waals surface area contributed by atoms with E-state index in [9.17, 15) is 9.59 Å². The Morgan fingerprint density at radius 1 is 1.00 bits per heavy atom. The number of amides is 1. The molecule has 7 nitrogen and oxygen atoms in total. The van der Waals surface area contributed by atoms with E-state index in [4.69, 9.17) is 4.74 Å². The summed E-state index contributed by atoms with van der Waals surface area (Å²) in [5.41, 5.74) is 0.631. The van der Waals surface area contributed by atoms with Gasteiger partial charge in [0.15, 0.2) is 5.78 Å². The highest BCUT2D eigenvalue weighted by Gasteiger charge is 2.41. The van der Waals surface area contributed by atoms with Crippen molar-refractivity contribution in [2.75, 3.05) is 31.1 Å². The van der Waals surface area contributed by atoms with Crippen molar-refractivity contribution in [3.8, 4) is 5.75 Å². The van der Waals surface area contributed by atoms with Crippen molar-refractivity contribution in [2.24, 2.45) is 0 Å². The highest BCUT2D eigenvalue weighted by molar-refractivity contribution is 6.00. The summed E-state index contributed by atoms with van der Waals surface area (Å²) >= 11 is 0. The largest absolute Gasteiger partial charge is 0.486 e. The molecular weight excluding hydrogens is 380 g/mol. The van der Waals surface area contributed by atoms with Crippen molar-refractivity contribution in [3.05, 3.63) is 47.9 Å². The molecule has 30 heavy (non-hydrogen) atoms. The summed E-state index contributed by atoms with van der Waals surface area (Å²) in [6, 6.07) is 7.51. The van der Waals surface area contributed by atoms with E-state index >= 15 is 0 Å². The van der Waals surface area contributed by atoms with Crippen LogP contribution >= 0.6 is 0 Å². The van der Waals surface area contributed by atoms with Crippen LogP contribution in [0.5, 0.6) is 5.75 Å². The summed E-state index contributed by atoms with van der Waals surface area (Å²) in [5, 5.41) is 0. The van der Waals surface area contributed by atoms with Gasteiger partial charge in [-0.25, -0.2) is 4.98 Å². The number of ketones is 1. The van der Waals surface area contributed by atoms with Gasteiger partial charge in [-0.15, -0.1) is 0 Å². The normalized spacial score (nSPS) is 23.8. The highest BCUT2D eigenvalue weighted by Crippen LogP contribution is 2.39. The van der Waals surface area contributed by atoms with Crippen LogP contribution in [0.2, 0.25) is 0 Å². The molecule has 2 saturated heterocycles. The van der Waals surface area contributed by atoms with Gasteiger partial charge in [0.05, 0.1) is 24.4 Å². The first-order chi connectivity index (χ1) is 14.6. The number of anilines is 1. The molecule has 3 aliphatic heterocycles. The van der Waals surface area contributed by atoms with E-state index in [2.05, 4.69) is 14.9 Å². The fraction of sp³-hybridized carbons (Fsp3) is 0.478. The summed E-state index contributed by atoms with van der Waals surface area (Å²) in [6.07, 6.45) is 8.25. The molecule has 3 aliphatic rings. The first kappa shape index (κ1) is 19.0. The molecule has 0 N–H and O–H groups in total. The standard InChI is InChI=1S/C23H26N4O3/c28-19-14-23(30-20-7-2-1-6-17(19)20)8-5-12-26(13-9-23)21-16-24-15-18(25-21)22(29)27-10-3-4-11-27/h1-2,6-7,15-16H,3-5,8-14H2. The van der Waals surface area contributed by atoms with Gasteiger partial charge in [-0.1, -0.05) is 12.1 Å². The Morgan fingerprint density at radius 3 is 2.70 bits per heavy atom. The Kier molecular flexibility index (Phi) is 4.89. The number of likely N-dealkylation sites (tertiary alicyclic amines) is 1. The van der Waals surface area contributed by atoms with Crippen LogP contribution in [0.3, 0.4) is 0 Å². The third kappa shape index (κ3) is 3.53. The van der Waals surface area contributed by atoms with Crippen LogP contribution in [-0.4, -0.2) is 58.3 Å². The first-order valence-corrected chi connectivity index (χ1v) is 10.8. The predicted molar refractivity (Wildman–Crippen MR) is 112 cm³/mol. The van der Waals surface area contributed by atoms with Gasteiger partial charge in [-0.05, 0) is 37.8 Å². The monoisotopic (exact) mass is 406 g/mol. The second-order valence-corrected chi connectivity index (χ2v) is 8.48. The lowest BCUT2D eigenvalue weighted by atomic mass is 9.84. The molecule has 7 heteroatoms. The van der Waals surface area contributed by atoms with Crippen molar-refractivity contribution in [3.63, 3.8) is 0 Å². The van der Waals surface area contributed by atoms with Crippen LogP contribution < -0.4 is 9.64 Å². The topological polar surface area (TPSA) is 75.6 Å². The molecule has 0 saturated carbocycles. The molecule has 156 valence electrons. The lowest BCUT2D eigenvalue weighted by Gasteiger charge is -2.37. The van der Waals surface area contributed by atoms with Gasteiger partial charge < -0.3 is 14.5 Å². The minimum Gasteiger partial charge on any atom is -0.486 e. The zero-order valence-electron chi connectivity index (χ0n) is 17.0. The van der Waals surface area contributed by atoms with E-state index in [-0.39, 0.29) is 11.7 Å². The molecule has 1 aromatic heterocycles. The molecule has 0 radical (unpaired) electrons. The number of para-hydroxylation sites is 1. The van der Waals surface area contributed by atoms with Gasteiger partial charge >= 0.3 is 0 Å². The number of hydrogen-bond acceptors (Lipinski definition) is 6. The molecule has 1 atom stereocenters. The molecule has 1 spiro atoms. The third-order valence-corrected chi connectivity index (χ3v) is 6.45. The lowest BCUT2D eigenvalue weighted by molar-refractivity contribution is 0.0323. The zero-order valence-corrected chi connectivity index (χ0v) is 17.0. The number of Topliss-reactive ketones (excluding diaryl/α,β-unsaturated/α-hetero) is 1. The van der Waals surface area contributed by atoms with E-state index in [1.54, 1.807) is 12.4 Å². The van der Waals surface area contributed by atoms with Crippen molar-refractivity contribution >= 4 is 17.5 Å². The average Bonchev–Trinajstić information content (AvgIpc) is 3.23. The van der Waals surface area contributed by atoms with Crippen LogP contribution in [0.1, 0.15) is 59.4 Å². The quantitative estimate of drug-likeness (QED) is 0.763. The lowest BCUT2D eigenvalue weighted by Crippen LogP contribution is -2.43. The summed E-state index contributed by atoms with van der Waals surface area (Å²) in [5.74, 6) is 1.54. The van der Waals surface area contributed by atoms with Crippen molar-refractivity contribution in [1.82, 2.24) is 14.9 Å². The minimum atomic E-state index is -0.462. The average molecular weight is 406 g/mol. The van der Waals surface area contributed by atoms with Crippen LogP contribution in [0, 0.1) is 0 Å². The predicted octanol–water partition coefficient (Wildman–Crippen LogP) is 3.11. The zero-order chi connectivity index (χ0) is 20.6. The van der Waals surface area contributed by atoms with Gasteiger partial charge in [0, 0.05) is 32.6 Å². The molecule has 1 aromatic carbocycles. The van der Waals surface area contributed by atoms with Gasteiger partial charge in [-0.2, -0.15) is 0 Å². The number of benzene rings is 1. The molecule has 1 unspecified atom stereocenters. The number of nitrogens with zero attached hydrogens (tertiary/aromatic N) is 4. The van der Waals surface area contributed by atoms with Gasteiger partial charge in [0.1, 0.15) is 22.9 Å². The number of carbonyl (C=O) groups is 2.